The number of halogens is 1. The van der Waals surface area contributed by atoms with Gasteiger partial charge in [0.2, 0.25) is 10.0 Å². The van der Waals surface area contributed by atoms with E-state index in [0.717, 1.165) is 38.5 Å². The third-order valence-corrected chi connectivity index (χ3v) is 6.85. The molecule has 0 aromatic heterocycles. The lowest BCUT2D eigenvalue weighted by Crippen LogP contribution is -2.40. The fourth-order valence-corrected chi connectivity index (χ4v) is 5.11. The summed E-state index contributed by atoms with van der Waals surface area (Å²) in [6, 6.07) is 0. The van der Waals surface area contributed by atoms with Gasteiger partial charge in [-0.2, -0.15) is 0 Å². The van der Waals surface area contributed by atoms with E-state index in [1.807, 2.05) is 0 Å². The van der Waals surface area contributed by atoms with Gasteiger partial charge in [0.15, 0.2) is 0 Å². The number of alkyl halides is 1. The fraction of sp³-hybridized carbons (Fsp3) is 1.00. The van der Waals surface area contributed by atoms with Gasteiger partial charge in [0.25, 0.3) is 0 Å². The molecule has 0 heterocycles. The first-order valence-corrected chi connectivity index (χ1v) is 9.20. The van der Waals surface area contributed by atoms with E-state index in [1.165, 1.54) is 19.3 Å². The summed E-state index contributed by atoms with van der Waals surface area (Å²) in [4.78, 5) is 0. The SMILES string of the molecule is O=S(=O)(NCC1CCCCC1Cl)C1CCCCC1. The highest BCUT2D eigenvalue weighted by molar-refractivity contribution is 7.90. The van der Waals surface area contributed by atoms with E-state index in [2.05, 4.69) is 4.72 Å². The number of sulfonamides is 1. The summed E-state index contributed by atoms with van der Waals surface area (Å²) >= 11 is 6.26. The van der Waals surface area contributed by atoms with E-state index in [-0.39, 0.29) is 10.6 Å². The molecule has 1 N–H and O–H groups in total. The van der Waals surface area contributed by atoms with E-state index in [9.17, 15) is 8.42 Å². The van der Waals surface area contributed by atoms with Crippen LogP contribution in [-0.2, 0) is 10.0 Å². The van der Waals surface area contributed by atoms with Gasteiger partial charge in [-0.05, 0) is 31.6 Å². The molecule has 2 atom stereocenters. The van der Waals surface area contributed by atoms with Crippen LogP contribution in [0.1, 0.15) is 57.8 Å². The first-order valence-electron chi connectivity index (χ1n) is 7.22. The van der Waals surface area contributed by atoms with E-state index in [4.69, 9.17) is 11.6 Å². The number of nitrogens with one attached hydrogen (secondary N) is 1. The summed E-state index contributed by atoms with van der Waals surface area (Å²) in [6.07, 6.45) is 9.37. The Labute approximate surface area is 116 Å². The predicted molar refractivity (Wildman–Crippen MR) is 75.4 cm³/mol. The van der Waals surface area contributed by atoms with Crippen molar-refractivity contribution in [3.8, 4) is 0 Å². The summed E-state index contributed by atoms with van der Waals surface area (Å²) in [7, 11) is -3.11. The molecule has 0 radical (unpaired) electrons. The largest absolute Gasteiger partial charge is 0.215 e. The van der Waals surface area contributed by atoms with Gasteiger partial charge in [-0.1, -0.05) is 32.1 Å². The highest BCUT2D eigenvalue weighted by Crippen LogP contribution is 2.29. The lowest BCUT2D eigenvalue weighted by Gasteiger charge is -2.28. The Balaban J connectivity index is 1.84. The molecule has 2 aliphatic carbocycles. The van der Waals surface area contributed by atoms with Crippen molar-refractivity contribution in [1.82, 2.24) is 4.72 Å². The maximum absolute atomic E-state index is 12.2. The monoisotopic (exact) mass is 293 g/mol. The van der Waals surface area contributed by atoms with Crippen molar-refractivity contribution in [3.63, 3.8) is 0 Å². The van der Waals surface area contributed by atoms with E-state index < -0.39 is 10.0 Å². The van der Waals surface area contributed by atoms with Crippen LogP contribution < -0.4 is 4.72 Å². The van der Waals surface area contributed by atoms with Gasteiger partial charge in [-0.15, -0.1) is 11.6 Å². The van der Waals surface area contributed by atoms with Gasteiger partial charge >= 0.3 is 0 Å². The Morgan fingerprint density at radius 2 is 1.56 bits per heavy atom. The molecule has 18 heavy (non-hydrogen) atoms. The normalized spacial score (nSPS) is 31.4. The minimum atomic E-state index is -3.11. The molecule has 0 spiro atoms. The lowest BCUT2D eigenvalue weighted by atomic mass is 9.89. The molecule has 0 bridgehead atoms. The molecule has 2 unspecified atom stereocenters. The van der Waals surface area contributed by atoms with Gasteiger partial charge < -0.3 is 0 Å². The van der Waals surface area contributed by atoms with Crippen molar-refractivity contribution in [1.29, 1.82) is 0 Å². The summed E-state index contributed by atoms with van der Waals surface area (Å²) < 4.78 is 27.2. The quantitative estimate of drug-likeness (QED) is 0.810. The molecule has 106 valence electrons. The maximum atomic E-state index is 12.2. The molecule has 5 heteroatoms. The smallest absolute Gasteiger partial charge is 0.214 e. The average Bonchev–Trinajstić information content (AvgIpc) is 2.39. The second-order valence-corrected chi connectivity index (χ2v) is 8.32. The third-order valence-electron chi connectivity index (χ3n) is 4.35. The highest BCUT2D eigenvalue weighted by Gasteiger charge is 2.29. The van der Waals surface area contributed by atoms with Crippen molar-refractivity contribution in [2.75, 3.05) is 6.54 Å². The van der Waals surface area contributed by atoms with Crippen LogP contribution >= 0.6 is 11.6 Å². The average molecular weight is 294 g/mol. The van der Waals surface area contributed by atoms with Gasteiger partial charge in [-0.3, -0.25) is 0 Å². The molecule has 2 saturated carbocycles. The Morgan fingerprint density at radius 1 is 0.944 bits per heavy atom. The summed E-state index contributed by atoms with van der Waals surface area (Å²) in [5.74, 6) is 0.318. The van der Waals surface area contributed by atoms with Gasteiger partial charge in [0.05, 0.1) is 5.25 Å². The molecule has 0 saturated heterocycles. The van der Waals surface area contributed by atoms with E-state index in [1.54, 1.807) is 0 Å². The predicted octanol–water partition coefficient (Wildman–Crippen LogP) is 3.04. The third kappa shape index (κ3) is 3.84. The highest BCUT2D eigenvalue weighted by atomic mass is 35.5. The van der Waals surface area contributed by atoms with E-state index in [0.29, 0.717) is 12.5 Å². The van der Waals surface area contributed by atoms with Gasteiger partial charge in [-0.25, -0.2) is 13.1 Å². The maximum Gasteiger partial charge on any atom is 0.214 e. The number of rotatable bonds is 4. The Bertz CT molecular complexity index is 352. The van der Waals surface area contributed by atoms with Gasteiger partial charge in [0, 0.05) is 11.9 Å². The zero-order valence-corrected chi connectivity index (χ0v) is 12.5. The molecule has 2 fully saturated rings. The van der Waals surface area contributed by atoms with Crippen molar-refractivity contribution in [2.24, 2.45) is 5.92 Å². The van der Waals surface area contributed by atoms with Crippen molar-refractivity contribution >= 4 is 21.6 Å². The van der Waals surface area contributed by atoms with Crippen molar-refractivity contribution in [3.05, 3.63) is 0 Å². The Kier molecular flexibility index (Phi) is 5.34. The summed E-state index contributed by atoms with van der Waals surface area (Å²) in [5.41, 5.74) is 0. The Morgan fingerprint density at radius 3 is 2.22 bits per heavy atom. The number of hydrogen-bond donors (Lipinski definition) is 1. The number of hydrogen-bond acceptors (Lipinski definition) is 2. The summed E-state index contributed by atoms with van der Waals surface area (Å²) in [6.45, 7) is 0.535. The van der Waals surface area contributed by atoms with Crippen LogP contribution in [0.25, 0.3) is 0 Å². The van der Waals surface area contributed by atoms with Crippen LogP contribution in [0.3, 0.4) is 0 Å². The topological polar surface area (TPSA) is 46.2 Å². The minimum absolute atomic E-state index is 0.146. The van der Waals surface area contributed by atoms with Crippen LogP contribution in [0.15, 0.2) is 0 Å². The second-order valence-electron chi connectivity index (χ2n) is 5.71. The van der Waals surface area contributed by atoms with Crippen LogP contribution in [0.2, 0.25) is 0 Å². The van der Waals surface area contributed by atoms with Crippen molar-refractivity contribution < 1.29 is 8.42 Å². The van der Waals surface area contributed by atoms with Crippen molar-refractivity contribution in [2.45, 2.75) is 68.4 Å². The standard InChI is InChI=1S/C13H24ClNO2S/c14-13-9-5-4-6-11(13)10-15-18(16,17)12-7-2-1-3-8-12/h11-13,15H,1-10H2. The molecule has 2 rings (SSSR count). The summed E-state index contributed by atoms with van der Waals surface area (Å²) in [5, 5.41) is -0.0172. The molecule has 3 nitrogen and oxygen atoms in total. The molecular formula is C13H24ClNO2S. The van der Waals surface area contributed by atoms with Crippen LogP contribution in [0.5, 0.6) is 0 Å². The van der Waals surface area contributed by atoms with Crippen LogP contribution in [0, 0.1) is 5.92 Å². The van der Waals surface area contributed by atoms with Gasteiger partial charge in [0.1, 0.15) is 0 Å². The Hall–Kier alpha value is 0.200. The first kappa shape index (κ1) is 14.6. The molecule has 0 amide bonds. The first-order chi connectivity index (χ1) is 8.59. The zero-order chi connectivity index (χ0) is 13.0. The lowest BCUT2D eigenvalue weighted by molar-refractivity contribution is 0.362. The molecule has 0 aromatic carbocycles. The van der Waals surface area contributed by atoms with E-state index >= 15 is 0 Å². The molecule has 0 aliphatic heterocycles. The molecular weight excluding hydrogens is 270 g/mol. The molecule has 2 aliphatic rings. The van der Waals surface area contributed by atoms with Crippen LogP contribution in [0.4, 0.5) is 0 Å². The van der Waals surface area contributed by atoms with Crippen LogP contribution in [-0.4, -0.2) is 25.6 Å². The second kappa shape index (κ2) is 6.58. The fourth-order valence-electron chi connectivity index (χ4n) is 3.11. The zero-order valence-electron chi connectivity index (χ0n) is 10.9. The molecule has 0 aromatic rings. The minimum Gasteiger partial charge on any atom is -0.215 e.